The number of alkyl halides is 2. The van der Waals surface area contributed by atoms with E-state index in [2.05, 4.69) is 10.1 Å². The van der Waals surface area contributed by atoms with Crippen molar-refractivity contribution in [3.8, 4) is 5.75 Å². The highest BCUT2D eigenvalue weighted by molar-refractivity contribution is 5.35. The SMILES string of the molecule is CCC(C)C(O)CNC(C)c1ccccc1OC(F)F. The maximum absolute atomic E-state index is 12.3. The number of halogens is 2. The van der Waals surface area contributed by atoms with Gasteiger partial charge in [-0.2, -0.15) is 8.78 Å². The van der Waals surface area contributed by atoms with Gasteiger partial charge < -0.3 is 15.2 Å². The molecule has 5 heteroatoms. The highest BCUT2D eigenvalue weighted by Gasteiger charge is 2.17. The summed E-state index contributed by atoms with van der Waals surface area (Å²) in [7, 11) is 0. The Morgan fingerprint density at radius 1 is 1.25 bits per heavy atom. The summed E-state index contributed by atoms with van der Waals surface area (Å²) in [5.74, 6) is 0.364. The Hall–Kier alpha value is -1.20. The van der Waals surface area contributed by atoms with Crippen LogP contribution in [0.25, 0.3) is 0 Å². The predicted octanol–water partition coefficient (Wildman–Crippen LogP) is 3.35. The van der Waals surface area contributed by atoms with Crippen LogP contribution in [0, 0.1) is 5.92 Å². The molecule has 1 aromatic carbocycles. The fourth-order valence-corrected chi connectivity index (χ4v) is 1.92. The van der Waals surface area contributed by atoms with E-state index in [1.807, 2.05) is 20.8 Å². The van der Waals surface area contributed by atoms with E-state index in [0.717, 1.165) is 6.42 Å². The van der Waals surface area contributed by atoms with Gasteiger partial charge in [0, 0.05) is 18.2 Å². The molecule has 0 spiro atoms. The summed E-state index contributed by atoms with van der Waals surface area (Å²) in [5, 5.41) is 13.1. The molecule has 114 valence electrons. The van der Waals surface area contributed by atoms with E-state index in [0.29, 0.717) is 12.1 Å². The van der Waals surface area contributed by atoms with E-state index in [1.54, 1.807) is 18.2 Å². The van der Waals surface area contributed by atoms with E-state index in [-0.39, 0.29) is 17.7 Å². The molecule has 3 unspecified atom stereocenters. The molecular weight excluding hydrogens is 264 g/mol. The van der Waals surface area contributed by atoms with Gasteiger partial charge in [-0.25, -0.2) is 0 Å². The molecule has 0 fully saturated rings. The van der Waals surface area contributed by atoms with Crippen LogP contribution in [-0.2, 0) is 0 Å². The quantitative estimate of drug-likeness (QED) is 0.770. The second kappa shape index (κ2) is 8.17. The average Bonchev–Trinajstić information content (AvgIpc) is 2.43. The fourth-order valence-electron chi connectivity index (χ4n) is 1.92. The van der Waals surface area contributed by atoms with Crippen molar-refractivity contribution in [2.75, 3.05) is 6.54 Å². The standard InChI is InChI=1S/C15H23F2NO2/c1-4-10(2)13(19)9-18-11(3)12-7-5-6-8-14(12)20-15(16)17/h5-8,10-11,13,15,18-19H,4,9H2,1-3H3. The molecule has 1 aromatic rings. The van der Waals surface area contributed by atoms with Gasteiger partial charge in [0.2, 0.25) is 0 Å². The summed E-state index contributed by atoms with van der Waals surface area (Å²) in [6.45, 7) is 3.43. The Morgan fingerprint density at radius 2 is 1.90 bits per heavy atom. The van der Waals surface area contributed by atoms with Crippen molar-refractivity contribution in [2.45, 2.75) is 45.9 Å². The largest absolute Gasteiger partial charge is 0.434 e. The van der Waals surface area contributed by atoms with Gasteiger partial charge in [0.1, 0.15) is 5.75 Å². The molecule has 0 saturated heterocycles. The minimum atomic E-state index is -2.84. The van der Waals surface area contributed by atoms with Gasteiger partial charge in [0.05, 0.1) is 6.10 Å². The first-order valence-electron chi connectivity index (χ1n) is 6.90. The van der Waals surface area contributed by atoms with Crippen LogP contribution in [0.15, 0.2) is 24.3 Å². The van der Waals surface area contributed by atoms with E-state index in [1.165, 1.54) is 6.07 Å². The van der Waals surface area contributed by atoms with Crippen molar-refractivity contribution in [1.82, 2.24) is 5.32 Å². The number of hydrogen-bond donors (Lipinski definition) is 2. The third kappa shape index (κ3) is 5.06. The number of nitrogens with one attached hydrogen (secondary N) is 1. The number of ether oxygens (including phenoxy) is 1. The third-order valence-corrected chi connectivity index (χ3v) is 3.54. The van der Waals surface area contributed by atoms with E-state index < -0.39 is 12.7 Å². The molecule has 0 aromatic heterocycles. The number of benzene rings is 1. The summed E-state index contributed by atoms with van der Waals surface area (Å²) in [5.41, 5.74) is 0.657. The van der Waals surface area contributed by atoms with Crippen LogP contribution in [0.1, 0.15) is 38.8 Å². The van der Waals surface area contributed by atoms with Gasteiger partial charge in [0.15, 0.2) is 0 Å². The maximum atomic E-state index is 12.3. The van der Waals surface area contributed by atoms with Gasteiger partial charge in [-0.3, -0.25) is 0 Å². The number of aliphatic hydroxyl groups is 1. The van der Waals surface area contributed by atoms with Crippen molar-refractivity contribution in [2.24, 2.45) is 5.92 Å². The molecule has 1 rings (SSSR count). The zero-order valence-electron chi connectivity index (χ0n) is 12.1. The Morgan fingerprint density at radius 3 is 2.50 bits per heavy atom. The molecule has 3 nitrogen and oxygen atoms in total. The molecule has 0 aliphatic rings. The maximum Gasteiger partial charge on any atom is 0.387 e. The highest BCUT2D eigenvalue weighted by atomic mass is 19.3. The minimum Gasteiger partial charge on any atom is -0.434 e. The first kappa shape index (κ1) is 16.9. The lowest BCUT2D eigenvalue weighted by molar-refractivity contribution is -0.0507. The molecule has 0 aliphatic heterocycles. The van der Waals surface area contributed by atoms with E-state index in [9.17, 15) is 13.9 Å². The Balaban J connectivity index is 2.65. The van der Waals surface area contributed by atoms with Gasteiger partial charge in [-0.05, 0) is 18.9 Å². The first-order chi connectivity index (χ1) is 9.45. The molecule has 0 radical (unpaired) electrons. The molecule has 0 bridgehead atoms. The zero-order valence-corrected chi connectivity index (χ0v) is 12.1. The second-order valence-electron chi connectivity index (χ2n) is 5.00. The second-order valence-corrected chi connectivity index (χ2v) is 5.00. The average molecular weight is 287 g/mol. The molecule has 0 heterocycles. The van der Waals surface area contributed by atoms with Crippen LogP contribution in [0.3, 0.4) is 0 Å². The smallest absolute Gasteiger partial charge is 0.387 e. The zero-order chi connectivity index (χ0) is 15.1. The summed E-state index contributed by atoms with van der Waals surface area (Å²) in [6, 6.07) is 6.51. The summed E-state index contributed by atoms with van der Waals surface area (Å²) < 4.78 is 29.2. The van der Waals surface area contributed by atoms with Crippen LogP contribution in [0.5, 0.6) is 5.75 Å². The fraction of sp³-hybridized carbons (Fsp3) is 0.600. The topological polar surface area (TPSA) is 41.5 Å². The Labute approximate surface area is 119 Å². The van der Waals surface area contributed by atoms with Crippen LogP contribution < -0.4 is 10.1 Å². The minimum absolute atomic E-state index is 0.167. The van der Waals surface area contributed by atoms with Crippen LogP contribution in [-0.4, -0.2) is 24.4 Å². The summed E-state index contributed by atoms with van der Waals surface area (Å²) in [6.07, 6.45) is 0.438. The van der Waals surface area contributed by atoms with Crippen LogP contribution in [0.4, 0.5) is 8.78 Å². The number of aliphatic hydroxyl groups excluding tert-OH is 1. The Bertz CT molecular complexity index is 401. The molecule has 0 amide bonds. The molecule has 0 saturated carbocycles. The van der Waals surface area contributed by atoms with Crippen LogP contribution >= 0.6 is 0 Å². The van der Waals surface area contributed by atoms with Crippen molar-refractivity contribution < 1.29 is 18.6 Å². The summed E-state index contributed by atoms with van der Waals surface area (Å²) >= 11 is 0. The monoisotopic (exact) mass is 287 g/mol. The highest BCUT2D eigenvalue weighted by Crippen LogP contribution is 2.26. The van der Waals surface area contributed by atoms with Crippen molar-refractivity contribution in [1.29, 1.82) is 0 Å². The van der Waals surface area contributed by atoms with Gasteiger partial charge >= 0.3 is 6.61 Å². The first-order valence-corrected chi connectivity index (χ1v) is 6.90. The molecular formula is C15H23F2NO2. The molecule has 0 aliphatic carbocycles. The predicted molar refractivity (Wildman–Crippen MR) is 75.0 cm³/mol. The van der Waals surface area contributed by atoms with Gasteiger partial charge in [0.25, 0.3) is 0 Å². The lowest BCUT2D eigenvalue weighted by Crippen LogP contribution is -2.33. The van der Waals surface area contributed by atoms with Gasteiger partial charge in [-0.15, -0.1) is 0 Å². The molecule has 3 atom stereocenters. The lowest BCUT2D eigenvalue weighted by atomic mass is 10.0. The van der Waals surface area contributed by atoms with Crippen molar-refractivity contribution in [3.63, 3.8) is 0 Å². The van der Waals surface area contributed by atoms with Gasteiger partial charge in [-0.1, -0.05) is 38.5 Å². The van der Waals surface area contributed by atoms with Crippen LogP contribution in [0.2, 0.25) is 0 Å². The number of hydrogen-bond acceptors (Lipinski definition) is 3. The normalized spacial score (nSPS) is 15.9. The number of rotatable bonds is 8. The lowest BCUT2D eigenvalue weighted by Gasteiger charge is -2.22. The summed E-state index contributed by atoms with van der Waals surface area (Å²) in [4.78, 5) is 0. The van der Waals surface area contributed by atoms with Crippen molar-refractivity contribution in [3.05, 3.63) is 29.8 Å². The van der Waals surface area contributed by atoms with E-state index in [4.69, 9.17) is 0 Å². The number of para-hydroxylation sites is 1. The van der Waals surface area contributed by atoms with Crippen molar-refractivity contribution >= 4 is 0 Å². The third-order valence-electron chi connectivity index (χ3n) is 3.54. The Kier molecular flexibility index (Phi) is 6.88. The van der Waals surface area contributed by atoms with E-state index >= 15 is 0 Å². The molecule has 2 N–H and O–H groups in total. The molecule has 20 heavy (non-hydrogen) atoms.